The Morgan fingerprint density at radius 1 is 1.19 bits per heavy atom. The van der Waals surface area contributed by atoms with Crippen LogP contribution in [0.25, 0.3) is 10.9 Å². The number of benzene rings is 2. The molecule has 106 valence electrons. The predicted octanol–water partition coefficient (Wildman–Crippen LogP) is 4.75. The maximum Gasteiger partial charge on any atom is 0.201 e. The van der Waals surface area contributed by atoms with Gasteiger partial charge in [-0.3, -0.25) is 4.79 Å². The van der Waals surface area contributed by atoms with Crippen LogP contribution in [0, 0.1) is 18.6 Å². The standard InChI is InChI=1S/C16H10BrF2NO/c1-8-2-4-12(18)14(15(8)19)16(21)11-7-20-13-5-3-9(17)6-10(11)13/h2-7,20H,1H3. The number of rotatable bonds is 2. The number of carbonyl (C=O) groups is 1. The van der Waals surface area contributed by atoms with Gasteiger partial charge in [0.15, 0.2) is 0 Å². The lowest BCUT2D eigenvalue weighted by molar-refractivity contribution is 0.103. The van der Waals surface area contributed by atoms with Crippen molar-refractivity contribution in [1.82, 2.24) is 4.98 Å². The summed E-state index contributed by atoms with van der Waals surface area (Å²) in [5.41, 5.74) is 0.696. The lowest BCUT2D eigenvalue weighted by atomic mass is 10.00. The number of H-pyrrole nitrogens is 1. The number of aromatic amines is 1. The number of hydrogen-bond donors (Lipinski definition) is 1. The van der Waals surface area contributed by atoms with Gasteiger partial charge in [0, 0.05) is 27.1 Å². The third-order valence-electron chi connectivity index (χ3n) is 3.40. The Bertz CT molecular complexity index is 870. The largest absolute Gasteiger partial charge is 0.360 e. The third kappa shape index (κ3) is 2.27. The maximum absolute atomic E-state index is 14.1. The van der Waals surface area contributed by atoms with E-state index in [9.17, 15) is 13.6 Å². The van der Waals surface area contributed by atoms with Crippen LogP contribution in [0.15, 0.2) is 41.0 Å². The first-order valence-electron chi connectivity index (χ1n) is 6.25. The van der Waals surface area contributed by atoms with Gasteiger partial charge in [0.05, 0.1) is 5.56 Å². The van der Waals surface area contributed by atoms with Crippen LogP contribution in [-0.2, 0) is 0 Å². The smallest absolute Gasteiger partial charge is 0.201 e. The molecule has 5 heteroatoms. The van der Waals surface area contributed by atoms with Crippen LogP contribution in [0.1, 0.15) is 21.5 Å². The van der Waals surface area contributed by atoms with Gasteiger partial charge >= 0.3 is 0 Å². The minimum Gasteiger partial charge on any atom is -0.360 e. The zero-order chi connectivity index (χ0) is 15.1. The highest BCUT2D eigenvalue weighted by Gasteiger charge is 2.22. The zero-order valence-corrected chi connectivity index (χ0v) is 12.6. The summed E-state index contributed by atoms with van der Waals surface area (Å²) < 4.78 is 28.8. The first-order valence-corrected chi connectivity index (χ1v) is 7.04. The van der Waals surface area contributed by atoms with Gasteiger partial charge in [-0.25, -0.2) is 8.78 Å². The van der Waals surface area contributed by atoms with Gasteiger partial charge in [0.25, 0.3) is 0 Å². The van der Waals surface area contributed by atoms with Crippen LogP contribution in [0.5, 0.6) is 0 Å². The summed E-state index contributed by atoms with van der Waals surface area (Å²) in [6.07, 6.45) is 1.47. The van der Waals surface area contributed by atoms with Gasteiger partial charge in [-0.1, -0.05) is 22.0 Å². The van der Waals surface area contributed by atoms with E-state index in [1.165, 1.54) is 19.2 Å². The van der Waals surface area contributed by atoms with Gasteiger partial charge in [-0.2, -0.15) is 0 Å². The number of ketones is 1. The van der Waals surface area contributed by atoms with E-state index in [4.69, 9.17) is 0 Å². The van der Waals surface area contributed by atoms with E-state index in [0.29, 0.717) is 5.39 Å². The molecule has 0 unspecified atom stereocenters. The van der Waals surface area contributed by atoms with Gasteiger partial charge in [-0.05, 0) is 36.8 Å². The van der Waals surface area contributed by atoms with Gasteiger partial charge in [-0.15, -0.1) is 0 Å². The Kier molecular flexibility index (Phi) is 3.37. The molecular weight excluding hydrogens is 340 g/mol. The molecule has 1 heterocycles. The number of aromatic nitrogens is 1. The van der Waals surface area contributed by atoms with Crippen LogP contribution < -0.4 is 0 Å². The zero-order valence-electron chi connectivity index (χ0n) is 11.0. The molecule has 0 radical (unpaired) electrons. The lowest BCUT2D eigenvalue weighted by Gasteiger charge is -2.06. The Morgan fingerprint density at radius 3 is 2.71 bits per heavy atom. The van der Waals surface area contributed by atoms with Crippen LogP contribution in [0.3, 0.4) is 0 Å². The van der Waals surface area contributed by atoms with Crippen molar-refractivity contribution in [1.29, 1.82) is 0 Å². The van der Waals surface area contributed by atoms with E-state index in [-0.39, 0.29) is 11.1 Å². The Morgan fingerprint density at radius 2 is 1.95 bits per heavy atom. The van der Waals surface area contributed by atoms with E-state index in [1.807, 2.05) is 6.07 Å². The molecule has 0 bridgehead atoms. The summed E-state index contributed by atoms with van der Waals surface area (Å²) in [6.45, 7) is 1.50. The average molecular weight is 350 g/mol. The highest BCUT2D eigenvalue weighted by atomic mass is 79.9. The Labute approximate surface area is 127 Å². The molecule has 0 aliphatic heterocycles. The first kappa shape index (κ1) is 13.9. The molecule has 2 aromatic carbocycles. The van der Waals surface area contributed by atoms with E-state index >= 15 is 0 Å². The molecule has 0 saturated carbocycles. The van der Waals surface area contributed by atoms with Crippen LogP contribution in [0.4, 0.5) is 8.78 Å². The highest BCUT2D eigenvalue weighted by Crippen LogP contribution is 2.27. The molecule has 1 N–H and O–H groups in total. The normalized spacial score (nSPS) is 11.0. The quantitative estimate of drug-likeness (QED) is 0.665. The van der Waals surface area contributed by atoms with Crippen LogP contribution >= 0.6 is 15.9 Å². The molecule has 0 aliphatic rings. The number of fused-ring (bicyclic) bond motifs is 1. The summed E-state index contributed by atoms with van der Waals surface area (Å²) in [7, 11) is 0. The molecule has 0 saturated heterocycles. The van der Waals surface area contributed by atoms with Crippen LogP contribution in [-0.4, -0.2) is 10.8 Å². The molecule has 0 amide bonds. The molecule has 3 aromatic rings. The maximum atomic E-state index is 14.1. The minimum atomic E-state index is -0.854. The molecule has 0 spiro atoms. The van der Waals surface area contributed by atoms with Crippen molar-refractivity contribution in [2.45, 2.75) is 6.92 Å². The molecule has 0 atom stereocenters. The third-order valence-corrected chi connectivity index (χ3v) is 3.89. The van der Waals surface area contributed by atoms with E-state index in [1.54, 1.807) is 12.1 Å². The van der Waals surface area contributed by atoms with Crippen molar-refractivity contribution in [3.63, 3.8) is 0 Å². The topological polar surface area (TPSA) is 32.9 Å². The van der Waals surface area contributed by atoms with Crippen molar-refractivity contribution < 1.29 is 13.6 Å². The summed E-state index contributed by atoms with van der Waals surface area (Å²) in [5, 5.41) is 0.620. The number of carbonyl (C=O) groups excluding carboxylic acids is 1. The summed E-state index contributed by atoms with van der Waals surface area (Å²) in [6, 6.07) is 7.77. The first-order chi connectivity index (χ1) is 9.99. The number of aryl methyl sites for hydroxylation is 1. The van der Waals surface area contributed by atoms with Crippen molar-refractivity contribution in [3.8, 4) is 0 Å². The average Bonchev–Trinajstić information content (AvgIpc) is 2.86. The summed E-state index contributed by atoms with van der Waals surface area (Å²) in [5.74, 6) is -2.34. The summed E-state index contributed by atoms with van der Waals surface area (Å²) >= 11 is 3.32. The Balaban J connectivity index is 2.22. The lowest BCUT2D eigenvalue weighted by Crippen LogP contribution is -2.08. The fraction of sp³-hybridized carbons (Fsp3) is 0.0625. The van der Waals surface area contributed by atoms with Crippen LogP contribution in [0.2, 0.25) is 0 Å². The molecule has 0 aliphatic carbocycles. The fourth-order valence-corrected chi connectivity index (χ4v) is 2.64. The second-order valence-electron chi connectivity index (χ2n) is 4.77. The number of hydrogen-bond acceptors (Lipinski definition) is 1. The molecule has 0 fully saturated rings. The second kappa shape index (κ2) is 5.07. The van der Waals surface area contributed by atoms with Gasteiger partial charge in [0.2, 0.25) is 5.78 Å². The predicted molar refractivity (Wildman–Crippen MR) is 80.5 cm³/mol. The van der Waals surface area contributed by atoms with Crippen molar-refractivity contribution in [2.24, 2.45) is 0 Å². The molecule has 2 nitrogen and oxygen atoms in total. The second-order valence-corrected chi connectivity index (χ2v) is 5.69. The Hall–Kier alpha value is -2.01. The number of halogens is 3. The van der Waals surface area contributed by atoms with Crippen molar-refractivity contribution in [3.05, 3.63) is 69.3 Å². The molecular formula is C16H10BrF2NO. The summed E-state index contributed by atoms with van der Waals surface area (Å²) in [4.78, 5) is 15.4. The van der Waals surface area contributed by atoms with E-state index < -0.39 is 23.0 Å². The minimum absolute atomic E-state index is 0.237. The number of nitrogens with one attached hydrogen (secondary N) is 1. The van der Waals surface area contributed by atoms with Gasteiger partial charge < -0.3 is 4.98 Å². The molecule has 3 rings (SSSR count). The SMILES string of the molecule is Cc1ccc(F)c(C(=O)c2c[nH]c3ccc(Br)cc23)c1F. The van der Waals surface area contributed by atoms with E-state index in [2.05, 4.69) is 20.9 Å². The highest BCUT2D eigenvalue weighted by molar-refractivity contribution is 9.10. The van der Waals surface area contributed by atoms with Gasteiger partial charge in [0.1, 0.15) is 11.6 Å². The molecule has 21 heavy (non-hydrogen) atoms. The van der Waals surface area contributed by atoms with E-state index in [0.717, 1.165) is 16.1 Å². The monoisotopic (exact) mass is 349 g/mol. The van der Waals surface area contributed by atoms with Crippen molar-refractivity contribution >= 4 is 32.6 Å². The fourth-order valence-electron chi connectivity index (χ4n) is 2.28. The molecule has 1 aromatic heterocycles. The van der Waals surface area contributed by atoms with Crippen molar-refractivity contribution in [2.75, 3.05) is 0 Å².